The minimum absolute atomic E-state index is 0.0648. The predicted octanol–water partition coefficient (Wildman–Crippen LogP) is 3.02. The van der Waals surface area contributed by atoms with Gasteiger partial charge >= 0.3 is 12.2 Å². The Morgan fingerprint density at radius 1 is 1.28 bits per heavy atom. The van der Waals surface area contributed by atoms with Gasteiger partial charge in [0.15, 0.2) is 11.7 Å². The second kappa shape index (κ2) is 10.9. The molecular formula is C24H30N2O6. The number of rotatable bonds is 5. The lowest BCUT2D eigenvalue weighted by molar-refractivity contribution is -0.130. The zero-order valence-corrected chi connectivity index (χ0v) is 19.0. The van der Waals surface area contributed by atoms with Crippen molar-refractivity contribution < 1.29 is 29.0 Å². The van der Waals surface area contributed by atoms with Crippen LogP contribution in [-0.2, 0) is 14.3 Å². The summed E-state index contributed by atoms with van der Waals surface area (Å²) in [7, 11) is 0. The standard InChI is InChI=1S/C24H30N2O6/c1-5-6-11-17-26(25-21(28)32-23(2,3)4)22(29)31-19-14-9-7-8-10-15-24(30)16-12-13-18(19)20(24)27/h7-8,13,19,30H,5-6,11-12,16-17H2,1-4H3,(H,25,28). The monoisotopic (exact) mass is 442 g/mol. The molecule has 0 spiro atoms. The molecule has 8 nitrogen and oxygen atoms in total. The molecule has 0 saturated carbocycles. The number of hydrogen-bond donors (Lipinski definition) is 2. The Morgan fingerprint density at radius 3 is 2.69 bits per heavy atom. The van der Waals surface area contributed by atoms with E-state index < -0.39 is 35.3 Å². The number of carbonyl (C=O) groups excluding carboxylic acids is 3. The number of allylic oxidation sites excluding steroid dienone is 3. The molecule has 2 aliphatic carbocycles. The highest BCUT2D eigenvalue weighted by molar-refractivity contribution is 6.06. The number of nitrogens with zero attached hydrogens (tertiary/aromatic N) is 1. The maximum atomic E-state index is 12.9. The largest absolute Gasteiger partial charge is 0.443 e. The first kappa shape index (κ1) is 25.0. The number of hydrogen-bond acceptors (Lipinski definition) is 6. The average molecular weight is 443 g/mol. The van der Waals surface area contributed by atoms with Crippen molar-refractivity contribution >= 4 is 18.0 Å². The van der Waals surface area contributed by atoms with Crippen molar-refractivity contribution in [1.82, 2.24) is 10.4 Å². The fourth-order valence-corrected chi connectivity index (χ4v) is 3.05. The van der Waals surface area contributed by atoms with Crippen LogP contribution in [0.25, 0.3) is 0 Å². The summed E-state index contributed by atoms with van der Waals surface area (Å²) in [5.74, 6) is 9.95. The Morgan fingerprint density at radius 2 is 2.00 bits per heavy atom. The second-order valence-electron chi connectivity index (χ2n) is 8.52. The average Bonchev–Trinajstić information content (AvgIpc) is 2.69. The van der Waals surface area contributed by atoms with E-state index in [0.29, 0.717) is 12.8 Å². The van der Waals surface area contributed by atoms with Gasteiger partial charge in [0.25, 0.3) is 0 Å². The maximum Gasteiger partial charge on any atom is 0.430 e. The number of ketones is 1. The molecule has 2 unspecified atom stereocenters. The fraction of sp³-hybridized carbons (Fsp3) is 0.542. The van der Waals surface area contributed by atoms with Gasteiger partial charge in [-0.05, 0) is 58.1 Å². The molecule has 0 aliphatic heterocycles. The van der Waals surface area contributed by atoms with Gasteiger partial charge in [0.05, 0.1) is 0 Å². The summed E-state index contributed by atoms with van der Waals surface area (Å²) in [6, 6.07) is 0. The predicted molar refractivity (Wildman–Crippen MR) is 118 cm³/mol. The van der Waals surface area contributed by atoms with Gasteiger partial charge in [0, 0.05) is 12.1 Å². The number of Topliss-reactive ketones (excluding diaryl/α,β-unsaturated/α-hetero) is 1. The number of nitrogens with one attached hydrogen (secondary N) is 1. The molecule has 2 bridgehead atoms. The summed E-state index contributed by atoms with van der Waals surface area (Å²) in [5, 5.41) is 11.7. The Labute approximate surface area is 189 Å². The van der Waals surface area contributed by atoms with Crippen molar-refractivity contribution in [2.45, 2.75) is 77.1 Å². The SMILES string of the molecule is CCCCCN(NC(=O)OC(C)(C)C)C(=O)OC1C#CC=CC#CC2(O)CCC=C1C2=O. The van der Waals surface area contributed by atoms with Gasteiger partial charge in [-0.3, -0.25) is 4.79 Å². The van der Waals surface area contributed by atoms with Crippen molar-refractivity contribution in [3.05, 3.63) is 23.8 Å². The Bertz CT molecular complexity index is 922. The van der Waals surface area contributed by atoms with Crippen LogP contribution < -0.4 is 5.43 Å². The topological polar surface area (TPSA) is 105 Å². The van der Waals surface area contributed by atoms with Gasteiger partial charge in [-0.15, -0.1) is 0 Å². The molecule has 0 aromatic heterocycles. The molecule has 2 N–H and O–H groups in total. The van der Waals surface area contributed by atoms with Crippen molar-refractivity contribution in [2.75, 3.05) is 6.54 Å². The van der Waals surface area contributed by atoms with Crippen LogP contribution >= 0.6 is 0 Å². The van der Waals surface area contributed by atoms with Crippen LogP contribution in [0.5, 0.6) is 0 Å². The smallest absolute Gasteiger partial charge is 0.430 e. The number of aliphatic hydroxyl groups is 1. The molecule has 0 heterocycles. The van der Waals surface area contributed by atoms with Crippen molar-refractivity contribution in [3.63, 3.8) is 0 Å². The number of fused-ring (bicyclic) bond motifs is 2. The molecule has 2 amide bonds. The van der Waals surface area contributed by atoms with Gasteiger partial charge < -0.3 is 14.6 Å². The zero-order chi connectivity index (χ0) is 23.8. The summed E-state index contributed by atoms with van der Waals surface area (Å²) in [6.07, 6.45) is 4.44. The van der Waals surface area contributed by atoms with E-state index in [1.54, 1.807) is 26.8 Å². The van der Waals surface area contributed by atoms with Crippen LogP contribution in [0.1, 0.15) is 59.8 Å². The van der Waals surface area contributed by atoms with Gasteiger partial charge in [-0.25, -0.2) is 20.0 Å². The zero-order valence-electron chi connectivity index (χ0n) is 19.0. The van der Waals surface area contributed by atoms with Crippen molar-refractivity contribution in [3.8, 4) is 23.7 Å². The number of ether oxygens (including phenoxy) is 2. The lowest BCUT2D eigenvalue weighted by Crippen LogP contribution is -2.50. The van der Waals surface area contributed by atoms with Crippen molar-refractivity contribution in [1.29, 1.82) is 0 Å². The lowest BCUT2D eigenvalue weighted by Gasteiger charge is -2.30. The summed E-state index contributed by atoms with van der Waals surface area (Å²) in [5.41, 5.74) is -0.131. The van der Waals surface area contributed by atoms with Gasteiger partial charge in [0.2, 0.25) is 5.78 Å². The highest BCUT2D eigenvalue weighted by atomic mass is 16.6. The van der Waals surface area contributed by atoms with Gasteiger partial charge in [-0.2, -0.15) is 0 Å². The van der Waals surface area contributed by atoms with E-state index in [4.69, 9.17) is 9.47 Å². The molecule has 0 aromatic carbocycles. The van der Waals surface area contributed by atoms with E-state index >= 15 is 0 Å². The quantitative estimate of drug-likeness (QED) is 0.385. The molecule has 0 fully saturated rings. The Balaban J connectivity index is 2.23. The second-order valence-corrected chi connectivity index (χ2v) is 8.52. The third-order valence-electron chi connectivity index (χ3n) is 4.58. The third kappa shape index (κ3) is 7.18. The number of carbonyl (C=O) groups is 3. The highest BCUT2D eigenvalue weighted by Gasteiger charge is 2.42. The van der Waals surface area contributed by atoms with Gasteiger partial charge in [-0.1, -0.05) is 43.6 Å². The highest BCUT2D eigenvalue weighted by Crippen LogP contribution is 2.28. The van der Waals surface area contributed by atoms with Crippen molar-refractivity contribution in [2.24, 2.45) is 0 Å². The van der Waals surface area contributed by atoms with Crippen LogP contribution in [0.2, 0.25) is 0 Å². The molecule has 0 aromatic rings. The van der Waals surface area contributed by atoms with Crippen LogP contribution in [0.15, 0.2) is 23.8 Å². The third-order valence-corrected chi connectivity index (χ3v) is 4.58. The Hall–Kier alpha value is -3.23. The van der Waals surface area contributed by atoms with Gasteiger partial charge in [0.1, 0.15) is 5.60 Å². The van der Waals surface area contributed by atoms with Crippen LogP contribution in [0, 0.1) is 23.7 Å². The molecule has 2 atom stereocenters. The summed E-state index contributed by atoms with van der Waals surface area (Å²) in [6.45, 7) is 7.33. The maximum absolute atomic E-state index is 12.9. The molecular weight excluding hydrogens is 412 g/mol. The molecule has 2 aliphatic rings. The normalized spacial score (nSPS) is 21.7. The molecule has 8 heteroatoms. The van der Waals surface area contributed by atoms with Crippen LogP contribution in [-0.4, -0.2) is 51.9 Å². The van der Waals surface area contributed by atoms with E-state index in [0.717, 1.165) is 17.9 Å². The van der Waals surface area contributed by atoms with E-state index in [2.05, 4.69) is 29.1 Å². The van der Waals surface area contributed by atoms with E-state index in [1.807, 2.05) is 6.92 Å². The molecule has 32 heavy (non-hydrogen) atoms. The first-order valence-electron chi connectivity index (χ1n) is 10.7. The Kier molecular flexibility index (Phi) is 8.51. The summed E-state index contributed by atoms with van der Waals surface area (Å²) in [4.78, 5) is 38.0. The lowest BCUT2D eigenvalue weighted by atomic mass is 9.81. The minimum atomic E-state index is -1.85. The van der Waals surface area contributed by atoms with Crippen LogP contribution in [0.3, 0.4) is 0 Å². The minimum Gasteiger partial charge on any atom is -0.443 e. The van der Waals surface area contributed by atoms with E-state index in [-0.39, 0.29) is 18.5 Å². The van der Waals surface area contributed by atoms with E-state index in [1.165, 1.54) is 12.2 Å². The molecule has 0 saturated heterocycles. The fourth-order valence-electron chi connectivity index (χ4n) is 3.05. The number of hydrazine groups is 1. The molecule has 0 radical (unpaired) electrons. The summed E-state index contributed by atoms with van der Waals surface area (Å²) < 4.78 is 10.7. The number of amides is 2. The molecule has 172 valence electrons. The number of unbranched alkanes of at least 4 members (excludes halogenated alkanes) is 2. The first-order valence-corrected chi connectivity index (χ1v) is 10.7. The first-order chi connectivity index (χ1) is 15.1. The molecule has 2 rings (SSSR count). The summed E-state index contributed by atoms with van der Waals surface area (Å²) >= 11 is 0. The van der Waals surface area contributed by atoms with Crippen LogP contribution in [0.4, 0.5) is 9.59 Å². The van der Waals surface area contributed by atoms with E-state index in [9.17, 15) is 19.5 Å².